The molecule has 2 N–H and O–H groups in total. The van der Waals surface area contributed by atoms with Crippen LogP contribution in [0.1, 0.15) is 24.5 Å². The normalized spacial score (nSPS) is 11.5. The monoisotopic (exact) mass is 456 g/mol. The maximum Gasteiger partial charge on any atom is 0.419 e. The van der Waals surface area contributed by atoms with E-state index in [1.807, 2.05) is 0 Å². The maximum absolute atomic E-state index is 12.4. The highest BCUT2D eigenvalue weighted by atomic mass is 16.6. The van der Waals surface area contributed by atoms with Crippen LogP contribution in [0.5, 0.6) is 0 Å². The number of carbonyl (C=O) groups excluding carboxylic acids is 3. The van der Waals surface area contributed by atoms with Crippen molar-refractivity contribution in [2.24, 2.45) is 0 Å². The summed E-state index contributed by atoms with van der Waals surface area (Å²) in [6.07, 6.45) is -1.31. The van der Waals surface area contributed by atoms with Crippen LogP contribution in [0.4, 0.5) is 10.5 Å². The van der Waals surface area contributed by atoms with Crippen LogP contribution in [0.3, 0.4) is 0 Å². The number of esters is 1. The fourth-order valence-corrected chi connectivity index (χ4v) is 3.09. The average Bonchev–Trinajstić information content (AvgIpc) is 3.12. The highest BCUT2D eigenvalue weighted by Crippen LogP contribution is 2.21. The Hall–Kier alpha value is -4.48. The van der Waals surface area contributed by atoms with Gasteiger partial charge >= 0.3 is 17.8 Å². The van der Waals surface area contributed by atoms with E-state index in [0.29, 0.717) is 11.1 Å². The number of hydrogen-bond donors (Lipinski definition) is 2. The fraction of sp³-hybridized carbons (Fsp3) is 0.238. The number of aryl methyl sites for hydroxylation is 1. The summed E-state index contributed by atoms with van der Waals surface area (Å²) >= 11 is 0. The SMILES string of the molecule is CNC(=O)NC(=O)C(OC(=O)CCCn1c(=O)oc2cc([N+](=O)[O-])ccc21)c1ccccc1. The van der Waals surface area contributed by atoms with Gasteiger partial charge in [0.25, 0.3) is 11.6 Å². The number of rotatable bonds is 8. The molecule has 12 nitrogen and oxygen atoms in total. The Bertz CT molecular complexity index is 1250. The molecular weight excluding hydrogens is 436 g/mol. The summed E-state index contributed by atoms with van der Waals surface area (Å²) in [6, 6.07) is 11.2. The van der Waals surface area contributed by atoms with Gasteiger partial charge in [-0.3, -0.25) is 29.6 Å². The Kier molecular flexibility index (Phi) is 7.18. The number of urea groups is 1. The molecule has 1 heterocycles. The Morgan fingerprint density at radius 2 is 1.91 bits per heavy atom. The minimum Gasteiger partial charge on any atom is -0.447 e. The van der Waals surface area contributed by atoms with Gasteiger partial charge in [0.05, 0.1) is 16.5 Å². The zero-order valence-corrected chi connectivity index (χ0v) is 17.5. The van der Waals surface area contributed by atoms with Gasteiger partial charge in [-0.2, -0.15) is 0 Å². The lowest BCUT2D eigenvalue weighted by atomic mass is 10.1. The summed E-state index contributed by atoms with van der Waals surface area (Å²) in [6.45, 7) is 0.0825. The molecular formula is C21H20N4O8. The number of carbonyl (C=O) groups is 3. The molecule has 3 rings (SSSR count). The van der Waals surface area contributed by atoms with Gasteiger partial charge in [0.2, 0.25) is 6.10 Å². The van der Waals surface area contributed by atoms with E-state index in [1.54, 1.807) is 30.3 Å². The number of ether oxygens (including phenoxy) is 1. The summed E-state index contributed by atoms with van der Waals surface area (Å²) in [5.41, 5.74) is 0.581. The third-order valence-electron chi connectivity index (χ3n) is 4.68. The van der Waals surface area contributed by atoms with Crippen LogP contribution in [-0.2, 0) is 20.9 Å². The molecule has 1 unspecified atom stereocenters. The Labute approximate surface area is 186 Å². The summed E-state index contributed by atoms with van der Waals surface area (Å²) < 4.78 is 11.6. The molecule has 0 saturated carbocycles. The first-order valence-corrected chi connectivity index (χ1v) is 9.85. The molecule has 3 amide bonds. The van der Waals surface area contributed by atoms with Crippen molar-refractivity contribution >= 4 is 34.7 Å². The third-order valence-corrected chi connectivity index (χ3v) is 4.68. The van der Waals surface area contributed by atoms with E-state index in [4.69, 9.17) is 9.15 Å². The number of nitro groups is 1. The van der Waals surface area contributed by atoms with Crippen LogP contribution in [0, 0.1) is 10.1 Å². The second kappa shape index (κ2) is 10.2. The first-order chi connectivity index (χ1) is 15.8. The lowest BCUT2D eigenvalue weighted by Gasteiger charge is -2.17. The van der Waals surface area contributed by atoms with Crippen molar-refractivity contribution in [3.63, 3.8) is 0 Å². The number of oxazole rings is 1. The highest BCUT2D eigenvalue weighted by Gasteiger charge is 2.26. The number of amides is 3. The molecule has 0 aliphatic heterocycles. The van der Waals surface area contributed by atoms with Gasteiger partial charge in [-0.25, -0.2) is 9.59 Å². The second-order valence-corrected chi connectivity index (χ2v) is 6.88. The van der Waals surface area contributed by atoms with Crippen molar-refractivity contribution in [2.75, 3.05) is 7.05 Å². The quantitative estimate of drug-likeness (QED) is 0.295. The smallest absolute Gasteiger partial charge is 0.419 e. The number of aromatic nitrogens is 1. The molecule has 2 aromatic carbocycles. The zero-order chi connectivity index (χ0) is 24.0. The molecule has 1 aromatic heterocycles. The number of nitrogens with one attached hydrogen (secondary N) is 2. The number of imide groups is 1. The van der Waals surface area contributed by atoms with Gasteiger partial charge in [0.1, 0.15) is 0 Å². The molecule has 12 heteroatoms. The van der Waals surface area contributed by atoms with Crippen molar-refractivity contribution in [2.45, 2.75) is 25.5 Å². The van der Waals surface area contributed by atoms with Crippen molar-refractivity contribution < 1.29 is 28.5 Å². The van der Waals surface area contributed by atoms with Gasteiger partial charge in [0.15, 0.2) is 5.58 Å². The summed E-state index contributed by atoms with van der Waals surface area (Å²) in [4.78, 5) is 58.7. The Morgan fingerprint density at radius 3 is 2.58 bits per heavy atom. The van der Waals surface area contributed by atoms with Gasteiger partial charge < -0.3 is 14.5 Å². The van der Waals surface area contributed by atoms with E-state index in [-0.39, 0.29) is 30.7 Å². The van der Waals surface area contributed by atoms with Crippen LogP contribution >= 0.6 is 0 Å². The molecule has 172 valence electrons. The molecule has 0 fully saturated rings. The van der Waals surface area contributed by atoms with Crippen molar-refractivity contribution in [3.05, 3.63) is 74.8 Å². The van der Waals surface area contributed by atoms with Crippen LogP contribution < -0.4 is 16.4 Å². The fourth-order valence-electron chi connectivity index (χ4n) is 3.09. The lowest BCUT2D eigenvalue weighted by molar-refractivity contribution is -0.384. The van der Waals surface area contributed by atoms with Crippen molar-refractivity contribution in [1.82, 2.24) is 15.2 Å². The summed E-state index contributed by atoms with van der Waals surface area (Å²) in [5, 5.41) is 15.2. The lowest BCUT2D eigenvalue weighted by Crippen LogP contribution is -2.41. The van der Waals surface area contributed by atoms with Crippen LogP contribution in [-0.4, -0.2) is 34.4 Å². The predicted octanol–water partition coefficient (Wildman–Crippen LogP) is 2.02. The average molecular weight is 456 g/mol. The molecule has 3 aromatic rings. The number of benzene rings is 2. The predicted molar refractivity (Wildman–Crippen MR) is 114 cm³/mol. The second-order valence-electron chi connectivity index (χ2n) is 6.88. The van der Waals surface area contributed by atoms with Crippen LogP contribution in [0.25, 0.3) is 11.1 Å². The van der Waals surface area contributed by atoms with Crippen molar-refractivity contribution in [3.8, 4) is 0 Å². The Balaban J connectivity index is 1.66. The van der Waals surface area contributed by atoms with Crippen molar-refractivity contribution in [1.29, 1.82) is 0 Å². The maximum atomic E-state index is 12.4. The summed E-state index contributed by atoms with van der Waals surface area (Å²) in [5.74, 6) is -2.24. The summed E-state index contributed by atoms with van der Waals surface area (Å²) in [7, 11) is 1.34. The Morgan fingerprint density at radius 1 is 1.18 bits per heavy atom. The standard InChI is InChI=1S/C21H20N4O8/c1-22-20(28)23-19(27)18(13-6-3-2-4-7-13)33-17(26)8-5-11-24-15-10-9-14(25(30)31)12-16(15)32-21(24)29/h2-4,6-7,9-10,12,18H,5,8,11H2,1H3,(H2,22,23,27,28). The number of nitro benzene ring substituents is 1. The van der Waals surface area contributed by atoms with Gasteiger partial charge in [-0.15, -0.1) is 0 Å². The van der Waals surface area contributed by atoms with E-state index >= 15 is 0 Å². The molecule has 33 heavy (non-hydrogen) atoms. The molecule has 0 aliphatic rings. The molecule has 0 spiro atoms. The van der Waals surface area contributed by atoms with Crippen LogP contribution in [0.15, 0.2) is 57.7 Å². The number of nitrogens with zero attached hydrogens (tertiary/aromatic N) is 2. The minimum absolute atomic E-state index is 0.0618. The van der Waals surface area contributed by atoms with E-state index in [9.17, 15) is 29.3 Å². The zero-order valence-electron chi connectivity index (χ0n) is 17.5. The first kappa shape index (κ1) is 23.2. The molecule has 0 saturated heterocycles. The van der Waals surface area contributed by atoms with Gasteiger partial charge in [-0.1, -0.05) is 30.3 Å². The largest absolute Gasteiger partial charge is 0.447 e. The van der Waals surface area contributed by atoms with Gasteiger partial charge in [0, 0.05) is 31.6 Å². The highest BCUT2D eigenvalue weighted by molar-refractivity contribution is 5.97. The van der Waals surface area contributed by atoms with Gasteiger partial charge in [-0.05, 0) is 12.5 Å². The van der Waals surface area contributed by atoms with E-state index < -0.39 is 34.7 Å². The van der Waals surface area contributed by atoms with E-state index in [0.717, 1.165) is 6.07 Å². The molecule has 0 radical (unpaired) electrons. The number of non-ortho nitro benzene ring substituents is 1. The number of hydrogen-bond acceptors (Lipinski definition) is 8. The molecule has 1 atom stereocenters. The van der Waals surface area contributed by atoms with Crippen LogP contribution in [0.2, 0.25) is 0 Å². The molecule has 0 aliphatic carbocycles. The topological polar surface area (TPSA) is 163 Å². The first-order valence-electron chi connectivity index (χ1n) is 9.85. The number of fused-ring (bicyclic) bond motifs is 1. The van der Waals surface area contributed by atoms with E-state index in [1.165, 1.54) is 23.7 Å². The third kappa shape index (κ3) is 5.61. The van der Waals surface area contributed by atoms with E-state index in [2.05, 4.69) is 10.6 Å². The minimum atomic E-state index is -1.34. The molecule has 0 bridgehead atoms.